The summed E-state index contributed by atoms with van der Waals surface area (Å²) in [6.45, 7) is 0. The highest BCUT2D eigenvalue weighted by atomic mass is 32.1. The van der Waals surface area contributed by atoms with Gasteiger partial charge in [-0.3, -0.25) is 0 Å². The van der Waals surface area contributed by atoms with E-state index in [2.05, 4.69) is 4.98 Å². The number of ether oxygens (including phenoxy) is 1. The zero-order valence-electron chi connectivity index (χ0n) is 11.8. The highest BCUT2D eigenvalue weighted by Gasteiger charge is 2.20. The number of nitrogens with zero attached hydrogens (tertiary/aromatic N) is 1. The predicted molar refractivity (Wildman–Crippen MR) is 86.5 cm³/mol. The van der Waals surface area contributed by atoms with Crippen LogP contribution in [-0.2, 0) is 0 Å². The molecular formula is C17H13NO3S. The van der Waals surface area contributed by atoms with Crippen molar-refractivity contribution in [3.05, 3.63) is 60.3 Å². The van der Waals surface area contributed by atoms with Gasteiger partial charge >= 0.3 is 5.97 Å². The number of carboxylic acid groups (broad SMARTS) is 1. The van der Waals surface area contributed by atoms with Gasteiger partial charge in [0.2, 0.25) is 0 Å². The molecule has 1 N–H and O–H groups in total. The van der Waals surface area contributed by atoms with Gasteiger partial charge in [-0.25, -0.2) is 9.78 Å². The Morgan fingerprint density at radius 2 is 1.77 bits per heavy atom. The van der Waals surface area contributed by atoms with Crippen LogP contribution < -0.4 is 4.74 Å². The molecule has 0 aliphatic heterocycles. The molecule has 0 saturated heterocycles. The van der Waals surface area contributed by atoms with Gasteiger partial charge in [0.05, 0.1) is 17.6 Å². The molecule has 0 spiro atoms. The van der Waals surface area contributed by atoms with Crippen molar-refractivity contribution < 1.29 is 14.6 Å². The first-order valence-corrected chi connectivity index (χ1v) is 7.45. The minimum Gasteiger partial charge on any atom is -0.496 e. The van der Waals surface area contributed by atoms with Crippen LogP contribution in [0.15, 0.2) is 54.6 Å². The highest BCUT2D eigenvalue weighted by molar-refractivity contribution is 7.18. The summed E-state index contributed by atoms with van der Waals surface area (Å²) in [7, 11) is 1.59. The second kappa shape index (κ2) is 5.99. The molecule has 0 radical (unpaired) electrons. The van der Waals surface area contributed by atoms with E-state index >= 15 is 0 Å². The average molecular weight is 311 g/mol. The van der Waals surface area contributed by atoms with Crippen LogP contribution >= 0.6 is 11.3 Å². The Balaban J connectivity index is 2.18. The number of aromatic nitrogens is 1. The number of carbonyl (C=O) groups is 1. The van der Waals surface area contributed by atoms with Crippen LogP contribution in [0.3, 0.4) is 0 Å². The van der Waals surface area contributed by atoms with Crippen LogP contribution in [0.2, 0.25) is 0 Å². The van der Waals surface area contributed by atoms with E-state index in [0.717, 1.165) is 11.1 Å². The molecule has 1 aromatic heterocycles. The van der Waals surface area contributed by atoms with Gasteiger partial charge in [-0.05, 0) is 17.7 Å². The molecule has 0 bridgehead atoms. The topological polar surface area (TPSA) is 59.4 Å². The minimum absolute atomic E-state index is 0.0668. The zero-order chi connectivity index (χ0) is 15.5. The first kappa shape index (κ1) is 14.3. The van der Waals surface area contributed by atoms with Crippen molar-refractivity contribution in [1.82, 2.24) is 4.98 Å². The molecular weight excluding hydrogens is 298 g/mol. The summed E-state index contributed by atoms with van der Waals surface area (Å²) in [4.78, 5) is 16.5. The first-order valence-electron chi connectivity index (χ1n) is 6.63. The molecule has 4 nitrogen and oxygen atoms in total. The lowest BCUT2D eigenvalue weighted by Crippen LogP contribution is -1.98. The second-order valence-electron chi connectivity index (χ2n) is 4.57. The van der Waals surface area contributed by atoms with E-state index in [9.17, 15) is 9.90 Å². The van der Waals surface area contributed by atoms with Crippen molar-refractivity contribution in [3.63, 3.8) is 0 Å². The van der Waals surface area contributed by atoms with Crippen LogP contribution in [0.25, 0.3) is 21.0 Å². The van der Waals surface area contributed by atoms with Crippen LogP contribution in [0.1, 0.15) is 10.5 Å². The fourth-order valence-electron chi connectivity index (χ4n) is 2.19. The molecule has 5 heteroatoms. The van der Waals surface area contributed by atoms with Crippen molar-refractivity contribution in [2.45, 2.75) is 0 Å². The summed E-state index contributed by atoms with van der Waals surface area (Å²) in [6.07, 6.45) is 0. The quantitative estimate of drug-likeness (QED) is 0.785. The Hall–Kier alpha value is -2.66. The summed E-state index contributed by atoms with van der Waals surface area (Å²) in [6, 6.07) is 16.9. The molecule has 0 saturated carbocycles. The number of thiazole rings is 1. The predicted octanol–water partition coefficient (Wildman–Crippen LogP) is 4.18. The number of rotatable bonds is 4. The Kier molecular flexibility index (Phi) is 3.89. The fourth-order valence-corrected chi connectivity index (χ4v) is 3.28. The van der Waals surface area contributed by atoms with E-state index in [4.69, 9.17) is 4.74 Å². The fraction of sp³-hybridized carbons (Fsp3) is 0.0588. The molecule has 3 aromatic rings. The lowest BCUT2D eigenvalue weighted by molar-refractivity contribution is 0.0692. The maximum absolute atomic E-state index is 11.5. The van der Waals surface area contributed by atoms with Crippen molar-refractivity contribution >= 4 is 17.3 Å². The largest absolute Gasteiger partial charge is 0.496 e. The number of benzene rings is 2. The SMILES string of the molecule is COc1ccccc1-c1nc(C(=O)O)c(-c2ccccc2)s1. The number of hydrogen-bond acceptors (Lipinski definition) is 4. The van der Waals surface area contributed by atoms with Crippen molar-refractivity contribution in [2.24, 2.45) is 0 Å². The Morgan fingerprint density at radius 3 is 2.45 bits per heavy atom. The number of carboxylic acids is 1. The van der Waals surface area contributed by atoms with E-state index in [0.29, 0.717) is 15.6 Å². The van der Waals surface area contributed by atoms with E-state index in [-0.39, 0.29) is 5.69 Å². The van der Waals surface area contributed by atoms with Gasteiger partial charge in [-0.2, -0.15) is 0 Å². The third-order valence-corrected chi connectivity index (χ3v) is 4.34. The summed E-state index contributed by atoms with van der Waals surface area (Å²) < 4.78 is 5.33. The highest BCUT2D eigenvalue weighted by Crippen LogP contribution is 2.38. The lowest BCUT2D eigenvalue weighted by atomic mass is 10.1. The summed E-state index contributed by atoms with van der Waals surface area (Å²) in [5, 5.41) is 10.1. The average Bonchev–Trinajstić information content (AvgIpc) is 3.01. The van der Waals surface area contributed by atoms with Crippen LogP contribution in [0, 0.1) is 0 Å². The van der Waals surface area contributed by atoms with E-state index in [1.807, 2.05) is 54.6 Å². The van der Waals surface area contributed by atoms with Gasteiger partial charge < -0.3 is 9.84 Å². The van der Waals surface area contributed by atoms with Crippen LogP contribution in [-0.4, -0.2) is 23.2 Å². The first-order chi connectivity index (χ1) is 10.7. The van der Waals surface area contributed by atoms with Crippen molar-refractivity contribution in [3.8, 4) is 26.8 Å². The molecule has 0 aliphatic carbocycles. The molecule has 0 aliphatic rings. The van der Waals surface area contributed by atoms with Crippen LogP contribution in [0.5, 0.6) is 5.75 Å². The zero-order valence-corrected chi connectivity index (χ0v) is 12.6. The third kappa shape index (κ3) is 2.58. The normalized spacial score (nSPS) is 10.4. The van der Waals surface area contributed by atoms with E-state index in [1.165, 1.54) is 11.3 Å². The van der Waals surface area contributed by atoms with Crippen molar-refractivity contribution in [1.29, 1.82) is 0 Å². The van der Waals surface area contributed by atoms with Gasteiger partial charge in [0.15, 0.2) is 5.69 Å². The smallest absolute Gasteiger partial charge is 0.356 e. The molecule has 1 heterocycles. The van der Waals surface area contributed by atoms with Gasteiger partial charge in [-0.15, -0.1) is 11.3 Å². The molecule has 0 fully saturated rings. The summed E-state index contributed by atoms with van der Waals surface area (Å²) in [5.41, 5.74) is 1.70. The number of para-hydroxylation sites is 1. The standard InChI is InChI=1S/C17H13NO3S/c1-21-13-10-6-5-9-12(13)16-18-14(17(19)20)15(22-16)11-7-3-2-4-8-11/h2-10H,1H3,(H,19,20). The Labute approximate surface area is 131 Å². The van der Waals surface area contributed by atoms with Crippen molar-refractivity contribution in [2.75, 3.05) is 7.11 Å². The van der Waals surface area contributed by atoms with E-state index < -0.39 is 5.97 Å². The minimum atomic E-state index is -1.03. The molecule has 0 atom stereocenters. The molecule has 0 unspecified atom stereocenters. The Bertz CT molecular complexity index is 812. The van der Waals surface area contributed by atoms with Gasteiger partial charge in [0.1, 0.15) is 10.8 Å². The summed E-state index contributed by atoms with van der Waals surface area (Å²) >= 11 is 1.35. The number of methoxy groups -OCH3 is 1. The van der Waals surface area contributed by atoms with Gasteiger partial charge in [0.25, 0.3) is 0 Å². The monoisotopic (exact) mass is 311 g/mol. The summed E-state index contributed by atoms with van der Waals surface area (Å²) in [5.74, 6) is -0.357. The Morgan fingerprint density at radius 1 is 1.09 bits per heavy atom. The molecule has 110 valence electrons. The third-order valence-electron chi connectivity index (χ3n) is 3.20. The molecule has 3 rings (SSSR count). The molecule has 22 heavy (non-hydrogen) atoms. The number of aromatic carboxylic acids is 1. The van der Waals surface area contributed by atoms with Gasteiger partial charge in [-0.1, -0.05) is 42.5 Å². The van der Waals surface area contributed by atoms with Crippen LogP contribution in [0.4, 0.5) is 0 Å². The molecule has 2 aromatic carbocycles. The molecule has 0 amide bonds. The number of hydrogen-bond donors (Lipinski definition) is 1. The second-order valence-corrected chi connectivity index (χ2v) is 5.57. The van der Waals surface area contributed by atoms with Gasteiger partial charge in [0, 0.05) is 0 Å². The maximum atomic E-state index is 11.5. The maximum Gasteiger partial charge on any atom is 0.356 e. The van der Waals surface area contributed by atoms with E-state index in [1.54, 1.807) is 7.11 Å². The lowest BCUT2D eigenvalue weighted by Gasteiger charge is -2.04.